The molecule has 0 aliphatic rings. The van der Waals surface area contributed by atoms with Crippen molar-refractivity contribution >= 4 is 32.6 Å². The minimum atomic E-state index is -0.889. The van der Waals surface area contributed by atoms with Crippen LogP contribution in [0.5, 0.6) is 0 Å². The van der Waals surface area contributed by atoms with Crippen LogP contribution in [0.1, 0.15) is 20.8 Å². The number of hydrogen-bond acceptors (Lipinski definition) is 2. The van der Waals surface area contributed by atoms with E-state index in [9.17, 15) is 4.79 Å². The molecule has 0 N–H and O–H groups in total. The summed E-state index contributed by atoms with van der Waals surface area (Å²) >= 11 is 4.83. The highest BCUT2D eigenvalue weighted by Crippen LogP contribution is 2.39. The summed E-state index contributed by atoms with van der Waals surface area (Å²) < 4.78 is 0. The standard InChI is InChI=1S/C5H11OP2S/c1-5(2,3)4(6)8(7)9/h7H2,1-3H3/q+1. The molecule has 0 saturated carbocycles. The normalized spacial score (nSPS) is 13.1. The quantitative estimate of drug-likeness (QED) is 0.577. The molecule has 0 aromatic rings. The second kappa shape index (κ2) is 3.14. The lowest BCUT2D eigenvalue weighted by molar-refractivity contribution is -0.117. The minimum Gasteiger partial charge on any atom is -0.242 e. The maximum absolute atomic E-state index is 11.1. The fourth-order valence-corrected chi connectivity index (χ4v) is 2.98. The summed E-state index contributed by atoms with van der Waals surface area (Å²) in [6, 6.07) is 0. The first-order valence-corrected chi connectivity index (χ1v) is 6.59. The zero-order chi connectivity index (χ0) is 7.65. The highest BCUT2D eigenvalue weighted by atomic mass is 32.6. The highest BCUT2D eigenvalue weighted by molar-refractivity contribution is 8.40. The number of carbonyl (C=O) groups is 1. The fraction of sp³-hybridized carbons (Fsp3) is 0.800. The third kappa shape index (κ3) is 3.35. The van der Waals surface area contributed by atoms with Crippen LogP contribution < -0.4 is 0 Å². The van der Waals surface area contributed by atoms with Crippen molar-refractivity contribution in [3.05, 3.63) is 0 Å². The Morgan fingerprint density at radius 2 is 1.89 bits per heavy atom. The summed E-state index contributed by atoms with van der Waals surface area (Å²) in [5, 5.41) is 0. The Hall–Kier alpha value is 0.620. The van der Waals surface area contributed by atoms with E-state index in [1.165, 1.54) is 0 Å². The Morgan fingerprint density at radius 3 is 1.89 bits per heavy atom. The molecule has 0 rings (SSSR count). The van der Waals surface area contributed by atoms with E-state index in [2.05, 4.69) is 8.93 Å². The van der Waals surface area contributed by atoms with Gasteiger partial charge in [0, 0.05) is 0 Å². The average molecular weight is 181 g/mol. The molecule has 0 aliphatic heterocycles. The number of rotatable bonds is 1. The summed E-state index contributed by atoms with van der Waals surface area (Å²) in [4.78, 5) is 11.1. The first-order valence-electron chi connectivity index (χ1n) is 2.62. The molecule has 0 fully saturated rings. The lowest BCUT2D eigenvalue weighted by Gasteiger charge is -2.07. The van der Waals surface area contributed by atoms with Gasteiger partial charge in [-0.05, 0) is 20.8 Å². The van der Waals surface area contributed by atoms with Crippen LogP contribution in [0.3, 0.4) is 0 Å². The van der Waals surface area contributed by atoms with Gasteiger partial charge in [0.15, 0.2) is 11.8 Å². The van der Waals surface area contributed by atoms with Crippen molar-refractivity contribution in [1.29, 1.82) is 0 Å². The molecular weight excluding hydrogens is 170 g/mol. The van der Waals surface area contributed by atoms with Gasteiger partial charge < -0.3 is 0 Å². The minimum absolute atomic E-state index is 0.178. The van der Waals surface area contributed by atoms with Crippen molar-refractivity contribution in [2.24, 2.45) is 5.41 Å². The molecular formula is C5H11OP2S+. The van der Waals surface area contributed by atoms with E-state index in [4.69, 9.17) is 11.8 Å². The van der Waals surface area contributed by atoms with E-state index in [0.29, 0.717) is 0 Å². The Balaban J connectivity index is 4.23. The molecule has 0 spiro atoms. The lowest BCUT2D eigenvalue weighted by Crippen LogP contribution is -2.14. The van der Waals surface area contributed by atoms with Crippen LogP contribution in [0.25, 0.3) is 0 Å². The van der Waals surface area contributed by atoms with Crippen molar-refractivity contribution in [3.8, 4) is 0 Å². The zero-order valence-electron chi connectivity index (χ0n) is 5.84. The Labute approximate surface area is 64.1 Å². The SMILES string of the molecule is CC(C)(C)C(=O)[P+](P)=S. The average Bonchev–Trinajstić information content (AvgIpc) is 1.62. The molecule has 0 bridgehead atoms. The van der Waals surface area contributed by atoms with E-state index in [1.54, 1.807) is 0 Å². The number of carbonyl (C=O) groups excluding carboxylic acids is 1. The van der Waals surface area contributed by atoms with Gasteiger partial charge in [-0.1, -0.05) is 0 Å². The van der Waals surface area contributed by atoms with Gasteiger partial charge in [-0.3, -0.25) is 0 Å². The molecule has 1 nitrogen and oxygen atoms in total. The van der Waals surface area contributed by atoms with Gasteiger partial charge in [-0.25, -0.2) is 4.79 Å². The van der Waals surface area contributed by atoms with Gasteiger partial charge >= 0.3 is 5.52 Å². The third-order valence-electron chi connectivity index (χ3n) is 0.842. The largest absolute Gasteiger partial charge is 0.342 e. The van der Waals surface area contributed by atoms with E-state index in [1.807, 2.05) is 20.8 Å². The molecule has 52 valence electrons. The molecule has 9 heavy (non-hydrogen) atoms. The molecule has 0 aliphatic carbocycles. The van der Waals surface area contributed by atoms with Crippen LogP contribution in [-0.2, 0) is 16.6 Å². The molecule has 4 heteroatoms. The van der Waals surface area contributed by atoms with Crippen LogP contribution in [0.15, 0.2) is 0 Å². The third-order valence-corrected chi connectivity index (χ3v) is 3.11. The van der Waals surface area contributed by atoms with Crippen LogP contribution in [-0.4, -0.2) is 5.52 Å². The van der Waals surface area contributed by atoms with Gasteiger partial charge in [-0.2, -0.15) is 0 Å². The van der Waals surface area contributed by atoms with Crippen molar-refractivity contribution in [3.63, 3.8) is 0 Å². The predicted octanol–water partition coefficient (Wildman–Crippen LogP) is 2.29. The van der Waals surface area contributed by atoms with Crippen LogP contribution in [0, 0.1) is 5.41 Å². The van der Waals surface area contributed by atoms with E-state index in [0.717, 1.165) is 0 Å². The summed E-state index contributed by atoms with van der Waals surface area (Å²) in [5.74, 6) is 0. The molecule has 0 radical (unpaired) electrons. The first-order chi connectivity index (χ1) is 3.85. The first kappa shape index (κ1) is 9.62. The van der Waals surface area contributed by atoms with E-state index < -0.39 is 6.39 Å². The van der Waals surface area contributed by atoms with E-state index in [-0.39, 0.29) is 10.9 Å². The Kier molecular flexibility index (Phi) is 3.36. The van der Waals surface area contributed by atoms with Crippen LogP contribution >= 0.6 is 15.3 Å². The summed E-state index contributed by atoms with van der Waals surface area (Å²) in [6.45, 7) is 5.67. The Morgan fingerprint density at radius 1 is 1.56 bits per heavy atom. The van der Waals surface area contributed by atoms with Gasteiger partial charge in [0.1, 0.15) is 8.93 Å². The molecule has 0 saturated heterocycles. The van der Waals surface area contributed by atoms with Crippen molar-refractivity contribution < 1.29 is 4.79 Å². The smallest absolute Gasteiger partial charge is 0.242 e. The fourth-order valence-electron chi connectivity index (χ4n) is 0.331. The molecule has 0 aromatic carbocycles. The maximum atomic E-state index is 11.1. The lowest BCUT2D eigenvalue weighted by atomic mass is 10.00. The summed E-state index contributed by atoms with van der Waals surface area (Å²) in [6.07, 6.45) is -0.889. The molecule has 2 unspecified atom stereocenters. The van der Waals surface area contributed by atoms with Gasteiger partial charge in [-0.15, -0.1) is 0 Å². The van der Waals surface area contributed by atoms with Gasteiger partial charge in [0.25, 0.3) is 6.39 Å². The van der Waals surface area contributed by atoms with Crippen LogP contribution in [0.2, 0.25) is 0 Å². The molecule has 0 amide bonds. The van der Waals surface area contributed by atoms with Crippen molar-refractivity contribution in [2.45, 2.75) is 20.8 Å². The monoisotopic (exact) mass is 181 g/mol. The second-order valence-corrected chi connectivity index (χ2v) is 7.79. The summed E-state index contributed by atoms with van der Waals surface area (Å²) in [7, 11) is 2.39. The zero-order valence-corrected chi connectivity index (χ0v) is 8.71. The molecule has 2 atom stereocenters. The molecule has 0 aromatic heterocycles. The highest BCUT2D eigenvalue weighted by Gasteiger charge is 2.31. The van der Waals surface area contributed by atoms with Crippen molar-refractivity contribution in [2.75, 3.05) is 0 Å². The number of hydrogen-bond donors (Lipinski definition) is 0. The molecule has 0 heterocycles. The summed E-state index contributed by atoms with van der Waals surface area (Å²) in [5.41, 5.74) is -0.0765. The van der Waals surface area contributed by atoms with E-state index >= 15 is 0 Å². The topological polar surface area (TPSA) is 17.1 Å². The van der Waals surface area contributed by atoms with Gasteiger partial charge in [0.05, 0.1) is 5.41 Å². The van der Waals surface area contributed by atoms with Crippen molar-refractivity contribution in [1.82, 2.24) is 0 Å². The van der Waals surface area contributed by atoms with Gasteiger partial charge in [0.2, 0.25) is 0 Å². The maximum Gasteiger partial charge on any atom is 0.342 e. The Bertz CT molecular complexity index is 148. The predicted molar refractivity (Wildman–Crippen MR) is 48.5 cm³/mol. The second-order valence-electron chi connectivity index (χ2n) is 2.88. The van der Waals surface area contributed by atoms with Crippen LogP contribution in [0.4, 0.5) is 0 Å².